The van der Waals surface area contributed by atoms with Gasteiger partial charge in [0, 0.05) is 18.4 Å². The van der Waals surface area contributed by atoms with Crippen LogP contribution in [0.15, 0.2) is 0 Å². The lowest BCUT2D eigenvalue weighted by molar-refractivity contribution is -0.126. The fourth-order valence-corrected chi connectivity index (χ4v) is 1.47. The lowest BCUT2D eigenvalue weighted by Gasteiger charge is -2.19. The van der Waals surface area contributed by atoms with Gasteiger partial charge in [-0.2, -0.15) is 0 Å². The van der Waals surface area contributed by atoms with Crippen LogP contribution < -0.4 is 16.4 Å². The van der Waals surface area contributed by atoms with Crippen molar-refractivity contribution in [3.8, 4) is 0 Å². The summed E-state index contributed by atoms with van der Waals surface area (Å²) in [5.41, 5.74) is 5.60. The summed E-state index contributed by atoms with van der Waals surface area (Å²) >= 11 is 0. The van der Waals surface area contributed by atoms with Gasteiger partial charge in [-0.3, -0.25) is 9.59 Å². The number of carbonyl (C=O) groups is 2. The Morgan fingerprint density at radius 2 is 1.67 bits per heavy atom. The second-order valence-electron chi connectivity index (χ2n) is 5.23. The highest BCUT2D eigenvalue weighted by molar-refractivity contribution is 5.79. The Hall–Kier alpha value is -1.14. The molecule has 18 heavy (non-hydrogen) atoms. The molecule has 3 atom stereocenters. The van der Waals surface area contributed by atoms with Crippen molar-refractivity contribution in [1.29, 1.82) is 0 Å². The van der Waals surface area contributed by atoms with Gasteiger partial charge in [0.2, 0.25) is 11.8 Å². The lowest BCUT2D eigenvalue weighted by atomic mass is 10.1. The highest BCUT2D eigenvalue weighted by Crippen LogP contribution is 2.20. The maximum atomic E-state index is 11.7. The number of amides is 2. The maximum Gasteiger partial charge on any atom is 0.222 e. The Balaban J connectivity index is 2.47. The van der Waals surface area contributed by atoms with Gasteiger partial charge in [0.05, 0.1) is 6.04 Å². The average molecular weight is 257 g/mol. The van der Waals surface area contributed by atoms with E-state index in [9.17, 15) is 9.59 Å². The first-order chi connectivity index (χ1) is 8.32. The van der Waals surface area contributed by atoms with E-state index in [4.69, 9.17) is 10.5 Å². The lowest BCUT2D eigenvalue weighted by Crippen LogP contribution is -2.49. The number of hydrogen-bond donors (Lipinski definition) is 3. The van der Waals surface area contributed by atoms with Crippen molar-refractivity contribution in [2.75, 3.05) is 6.54 Å². The number of epoxide rings is 1. The molecule has 0 saturated carbocycles. The van der Waals surface area contributed by atoms with E-state index in [2.05, 4.69) is 10.6 Å². The highest BCUT2D eigenvalue weighted by Gasteiger charge is 2.43. The quantitative estimate of drug-likeness (QED) is 0.563. The fraction of sp³-hybridized carbons (Fsp3) is 0.833. The van der Waals surface area contributed by atoms with Crippen LogP contribution in [0, 0.1) is 11.8 Å². The van der Waals surface area contributed by atoms with Crippen molar-refractivity contribution in [3.05, 3.63) is 0 Å². The van der Waals surface area contributed by atoms with Crippen LogP contribution in [0.3, 0.4) is 0 Å². The molecule has 2 amide bonds. The van der Waals surface area contributed by atoms with E-state index < -0.39 is 0 Å². The Bertz CT molecular complexity index is 318. The number of hydrogen-bond acceptors (Lipinski definition) is 4. The largest absolute Gasteiger partial charge is 0.354 e. The first kappa shape index (κ1) is 14.9. The Morgan fingerprint density at radius 1 is 1.17 bits per heavy atom. The molecule has 4 N–H and O–H groups in total. The Kier molecular flexibility index (Phi) is 5.10. The Labute approximate surface area is 108 Å². The molecule has 1 fully saturated rings. The molecular weight excluding hydrogens is 234 g/mol. The van der Waals surface area contributed by atoms with Crippen LogP contribution in [0.5, 0.6) is 0 Å². The van der Waals surface area contributed by atoms with Crippen molar-refractivity contribution in [2.45, 2.75) is 46.1 Å². The summed E-state index contributed by atoms with van der Waals surface area (Å²) in [6.07, 6.45) is -0.557. The third kappa shape index (κ3) is 4.27. The fourth-order valence-electron chi connectivity index (χ4n) is 1.47. The summed E-state index contributed by atoms with van der Waals surface area (Å²) in [5.74, 6) is -0.307. The molecule has 1 rings (SSSR count). The van der Waals surface area contributed by atoms with Crippen LogP contribution in [-0.2, 0) is 14.3 Å². The maximum absolute atomic E-state index is 11.7. The standard InChI is InChI=1S/C12H23N3O3/c1-6(2)11(16)14-5-8(9-10(13)18-9)15-12(17)7(3)4/h6-10H,5,13H2,1-4H3,(H,14,16)(H,15,17). The van der Waals surface area contributed by atoms with Gasteiger partial charge in [-0.05, 0) is 0 Å². The minimum atomic E-state index is -0.349. The molecule has 104 valence electrons. The second kappa shape index (κ2) is 6.15. The summed E-state index contributed by atoms with van der Waals surface area (Å²) in [7, 11) is 0. The first-order valence-electron chi connectivity index (χ1n) is 6.32. The van der Waals surface area contributed by atoms with Crippen molar-refractivity contribution >= 4 is 11.8 Å². The zero-order valence-electron chi connectivity index (χ0n) is 11.4. The zero-order chi connectivity index (χ0) is 13.9. The molecule has 0 aromatic heterocycles. The molecule has 0 spiro atoms. The second-order valence-corrected chi connectivity index (χ2v) is 5.23. The van der Waals surface area contributed by atoms with Gasteiger partial charge in [0.15, 0.2) is 0 Å². The zero-order valence-corrected chi connectivity index (χ0v) is 11.4. The average Bonchev–Trinajstić information content (AvgIpc) is 3.00. The molecule has 6 nitrogen and oxygen atoms in total. The Morgan fingerprint density at radius 3 is 2.06 bits per heavy atom. The van der Waals surface area contributed by atoms with E-state index in [1.807, 2.05) is 27.7 Å². The van der Waals surface area contributed by atoms with Crippen molar-refractivity contribution < 1.29 is 14.3 Å². The van der Waals surface area contributed by atoms with Gasteiger partial charge in [-0.15, -0.1) is 0 Å². The summed E-state index contributed by atoms with van der Waals surface area (Å²) in [5, 5.41) is 5.62. The smallest absolute Gasteiger partial charge is 0.222 e. The summed E-state index contributed by atoms with van der Waals surface area (Å²) in [6.45, 7) is 7.60. The molecular formula is C12H23N3O3. The molecule has 0 aromatic rings. The van der Waals surface area contributed by atoms with Crippen molar-refractivity contribution in [2.24, 2.45) is 17.6 Å². The van der Waals surface area contributed by atoms with Gasteiger partial charge in [0.25, 0.3) is 0 Å². The minimum absolute atomic E-state index is 0.0481. The highest BCUT2D eigenvalue weighted by atomic mass is 16.6. The van der Waals surface area contributed by atoms with E-state index in [1.54, 1.807) is 0 Å². The van der Waals surface area contributed by atoms with Crippen LogP contribution in [-0.4, -0.2) is 36.7 Å². The minimum Gasteiger partial charge on any atom is -0.354 e. The molecule has 0 radical (unpaired) electrons. The molecule has 1 heterocycles. The first-order valence-corrected chi connectivity index (χ1v) is 6.32. The number of nitrogens with one attached hydrogen (secondary N) is 2. The van der Waals surface area contributed by atoms with E-state index in [1.165, 1.54) is 0 Å². The normalized spacial score (nSPS) is 23.9. The molecule has 0 aliphatic carbocycles. The van der Waals surface area contributed by atoms with Gasteiger partial charge in [0.1, 0.15) is 12.3 Å². The number of ether oxygens (including phenoxy) is 1. The van der Waals surface area contributed by atoms with Gasteiger partial charge >= 0.3 is 0 Å². The number of nitrogens with two attached hydrogens (primary N) is 1. The van der Waals surface area contributed by atoms with E-state index >= 15 is 0 Å². The monoisotopic (exact) mass is 257 g/mol. The van der Waals surface area contributed by atoms with E-state index in [-0.39, 0.29) is 42.0 Å². The molecule has 1 aliphatic rings. The van der Waals surface area contributed by atoms with Crippen LogP contribution in [0.2, 0.25) is 0 Å². The predicted molar refractivity (Wildman–Crippen MR) is 67.5 cm³/mol. The van der Waals surface area contributed by atoms with E-state index in [0.717, 1.165) is 0 Å². The van der Waals surface area contributed by atoms with E-state index in [0.29, 0.717) is 6.54 Å². The predicted octanol–water partition coefficient (Wildman–Crippen LogP) is -0.417. The molecule has 0 aromatic carbocycles. The molecule has 3 unspecified atom stereocenters. The molecule has 1 saturated heterocycles. The summed E-state index contributed by atoms with van der Waals surface area (Å²) in [4.78, 5) is 23.1. The van der Waals surface area contributed by atoms with Crippen molar-refractivity contribution in [3.63, 3.8) is 0 Å². The topological polar surface area (TPSA) is 96.8 Å². The van der Waals surface area contributed by atoms with Crippen LogP contribution >= 0.6 is 0 Å². The summed E-state index contributed by atoms with van der Waals surface area (Å²) in [6, 6.07) is -0.266. The van der Waals surface area contributed by atoms with Crippen LogP contribution in [0.25, 0.3) is 0 Å². The third-order valence-electron chi connectivity index (χ3n) is 2.83. The summed E-state index contributed by atoms with van der Waals surface area (Å²) < 4.78 is 5.16. The number of carbonyl (C=O) groups excluding carboxylic acids is 2. The van der Waals surface area contributed by atoms with Gasteiger partial charge in [-0.1, -0.05) is 27.7 Å². The SMILES string of the molecule is CC(C)C(=O)NCC(NC(=O)C(C)C)C1OC1N. The van der Waals surface area contributed by atoms with Gasteiger partial charge < -0.3 is 21.1 Å². The third-order valence-corrected chi connectivity index (χ3v) is 2.83. The molecule has 0 bridgehead atoms. The van der Waals surface area contributed by atoms with Crippen LogP contribution in [0.1, 0.15) is 27.7 Å². The molecule has 1 aliphatic heterocycles. The van der Waals surface area contributed by atoms with Gasteiger partial charge in [-0.25, -0.2) is 0 Å². The number of rotatable bonds is 6. The molecule has 6 heteroatoms. The van der Waals surface area contributed by atoms with Crippen LogP contribution in [0.4, 0.5) is 0 Å². The van der Waals surface area contributed by atoms with Crippen molar-refractivity contribution in [1.82, 2.24) is 10.6 Å².